The average Bonchev–Trinajstić information content (AvgIpc) is 3.00. The lowest BCUT2D eigenvalue weighted by molar-refractivity contribution is 0.0771. The monoisotopic (exact) mass is 327 g/mol. The van der Waals surface area contributed by atoms with Crippen molar-refractivity contribution in [2.24, 2.45) is 16.8 Å². The zero-order valence-electron chi connectivity index (χ0n) is 14.3. The first-order valence-electron chi connectivity index (χ1n) is 8.85. The number of guanidine groups is 1. The van der Waals surface area contributed by atoms with Gasteiger partial charge in [0.15, 0.2) is 5.58 Å². The van der Waals surface area contributed by atoms with E-state index in [9.17, 15) is 0 Å². The van der Waals surface area contributed by atoms with Crippen molar-refractivity contribution in [2.45, 2.75) is 39.2 Å². The lowest BCUT2D eigenvalue weighted by atomic mass is 9.77. The fourth-order valence-corrected chi connectivity index (χ4v) is 3.85. The normalized spacial score (nSPS) is 28.4. The van der Waals surface area contributed by atoms with Gasteiger partial charge in [-0.3, -0.25) is 10.2 Å². The third-order valence-corrected chi connectivity index (χ3v) is 5.51. The topological polar surface area (TPSA) is 65.7 Å². The molecule has 0 amide bonds. The number of oxazole rings is 1. The molecule has 0 bridgehead atoms. The molecule has 0 radical (unpaired) electrons. The fraction of sp³-hybridized carbons (Fsp3) is 0.556. The van der Waals surface area contributed by atoms with Gasteiger partial charge in [0.2, 0.25) is 5.96 Å². The zero-order valence-corrected chi connectivity index (χ0v) is 14.3. The summed E-state index contributed by atoms with van der Waals surface area (Å²) in [4.78, 5) is 11.5. The summed E-state index contributed by atoms with van der Waals surface area (Å²) < 4.78 is 5.69. The van der Waals surface area contributed by atoms with Crippen LogP contribution in [-0.2, 0) is 0 Å². The van der Waals surface area contributed by atoms with Gasteiger partial charge in [0.05, 0.1) is 13.3 Å². The second-order valence-electron chi connectivity index (χ2n) is 7.02. The van der Waals surface area contributed by atoms with Gasteiger partial charge in [-0.15, -0.1) is 0 Å². The second kappa shape index (κ2) is 6.43. The Balaban J connectivity index is 1.41. The highest BCUT2D eigenvalue weighted by Crippen LogP contribution is 2.32. The molecule has 1 saturated carbocycles. The number of nitrogens with one attached hydrogen (secondary N) is 2. The summed E-state index contributed by atoms with van der Waals surface area (Å²) >= 11 is 0. The number of hydrogen-bond donors (Lipinski definition) is 2. The highest BCUT2D eigenvalue weighted by molar-refractivity contribution is 5.93. The van der Waals surface area contributed by atoms with Gasteiger partial charge in [0.1, 0.15) is 5.52 Å². The molecule has 1 aliphatic carbocycles. The van der Waals surface area contributed by atoms with Crippen molar-refractivity contribution < 1.29 is 4.42 Å². The number of aliphatic imine (C=N–C) groups is 1. The molecule has 2 heterocycles. The fourth-order valence-electron chi connectivity index (χ4n) is 3.85. The Morgan fingerprint density at radius 2 is 2.12 bits per heavy atom. The summed E-state index contributed by atoms with van der Waals surface area (Å²) in [5.41, 5.74) is 1.63. The van der Waals surface area contributed by atoms with E-state index < -0.39 is 0 Å². The molecule has 1 aromatic heterocycles. The minimum Gasteiger partial charge on any atom is -0.423 e. The molecule has 3 atom stereocenters. The first-order valence-corrected chi connectivity index (χ1v) is 8.85. The first kappa shape index (κ1) is 15.4. The quantitative estimate of drug-likeness (QED) is 0.886. The predicted octanol–water partition coefficient (Wildman–Crippen LogP) is 3.24. The van der Waals surface area contributed by atoms with Crippen molar-refractivity contribution in [2.75, 3.05) is 18.7 Å². The van der Waals surface area contributed by atoms with Crippen LogP contribution in [-0.4, -0.2) is 35.2 Å². The third kappa shape index (κ3) is 2.98. The first-order chi connectivity index (χ1) is 11.7. The Morgan fingerprint density at radius 1 is 1.25 bits per heavy atom. The molecule has 128 valence electrons. The van der Waals surface area contributed by atoms with E-state index in [0.717, 1.165) is 42.2 Å². The van der Waals surface area contributed by atoms with Crippen LogP contribution in [0, 0.1) is 11.8 Å². The Hall–Kier alpha value is -2.08. The standard InChI is InChI=1S/C18H25N5O/c1-12-6-5-8-15(13(12)2)23-10-19-17(20-11-23)22-18-21-14-7-3-4-9-16(14)24-18/h3-4,7,9,12-13,15H,5-6,8,10-11H2,1-2H3,(H2,19,20,21,22)/t12-,13-,15+/m1/s1. The summed E-state index contributed by atoms with van der Waals surface area (Å²) in [7, 11) is 0. The van der Waals surface area contributed by atoms with Crippen LogP contribution in [0.25, 0.3) is 11.1 Å². The molecule has 0 spiro atoms. The maximum atomic E-state index is 5.69. The largest absolute Gasteiger partial charge is 0.423 e. The Labute approximate surface area is 142 Å². The Bertz CT molecular complexity index is 707. The van der Waals surface area contributed by atoms with E-state index >= 15 is 0 Å². The van der Waals surface area contributed by atoms with E-state index in [0.29, 0.717) is 12.1 Å². The molecule has 6 heteroatoms. The minimum atomic E-state index is 0.482. The van der Waals surface area contributed by atoms with E-state index in [1.54, 1.807) is 0 Å². The van der Waals surface area contributed by atoms with Crippen molar-refractivity contribution in [1.29, 1.82) is 0 Å². The lowest BCUT2D eigenvalue weighted by Gasteiger charge is -2.42. The number of nitrogens with zero attached hydrogens (tertiary/aromatic N) is 3. The Kier molecular flexibility index (Phi) is 4.14. The second-order valence-corrected chi connectivity index (χ2v) is 7.02. The molecule has 2 N–H and O–H groups in total. The smallest absolute Gasteiger partial charge is 0.302 e. The van der Waals surface area contributed by atoms with Crippen LogP contribution in [0.3, 0.4) is 0 Å². The molecule has 24 heavy (non-hydrogen) atoms. The van der Waals surface area contributed by atoms with Crippen molar-refractivity contribution in [1.82, 2.24) is 15.2 Å². The van der Waals surface area contributed by atoms with Crippen molar-refractivity contribution in [3.63, 3.8) is 0 Å². The van der Waals surface area contributed by atoms with Gasteiger partial charge in [-0.25, -0.2) is 4.99 Å². The summed E-state index contributed by atoms with van der Waals surface area (Å²) in [6.45, 7) is 6.28. The van der Waals surface area contributed by atoms with Crippen molar-refractivity contribution >= 4 is 23.1 Å². The molecule has 1 aromatic carbocycles. The maximum Gasteiger partial charge on any atom is 0.302 e. The number of rotatable bonds is 2. The number of hydrogen-bond acceptors (Lipinski definition) is 6. The summed E-state index contributed by atoms with van der Waals surface area (Å²) in [5, 5.41) is 6.51. The number of fused-ring (bicyclic) bond motifs is 1. The predicted molar refractivity (Wildman–Crippen MR) is 95.7 cm³/mol. The van der Waals surface area contributed by atoms with Crippen molar-refractivity contribution in [3.05, 3.63) is 24.3 Å². The van der Waals surface area contributed by atoms with E-state index in [-0.39, 0.29) is 0 Å². The highest BCUT2D eigenvalue weighted by atomic mass is 16.4. The van der Waals surface area contributed by atoms with Crippen LogP contribution >= 0.6 is 0 Å². The number of anilines is 1. The molecular formula is C18H25N5O. The lowest BCUT2D eigenvalue weighted by Crippen LogP contribution is -2.53. The van der Waals surface area contributed by atoms with Gasteiger partial charge in [0, 0.05) is 6.04 Å². The van der Waals surface area contributed by atoms with Gasteiger partial charge in [-0.2, -0.15) is 4.98 Å². The van der Waals surface area contributed by atoms with Gasteiger partial charge in [0.25, 0.3) is 0 Å². The van der Waals surface area contributed by atoms with Gasteiger partial charge in [-0.1, -0.05) is 38.8 Å². The Morgan fingerprint density at radius 3 is 2.92 bits per heavy atom. The molecule has 1 aliphatic heterocycles. The summed E-state index contributed by atoms with van der Waals surface area (Å²) in [6, 6.07) is 8.85. The van der Waals surface area contributed by atoms with Crippen LogP contribution in [0.1, 0.15) is 33.1 Å². The third-order valence-electron chi connectivity index (χ3n) is 5.51. The molecule has 6 nitrogen and oxygen atoms in total. The van der Waals surface area contributed by atoms with E-state index in [1.807, 2.05) is 24.3 Å². The molecule has 0 saturated heterocycles. The SMILES string of the molecule is C[C@@H]1[C@H](C)CCC[C@@H]1N1CN=C(Nc2nc3ccccc3o2)NC1. The minimum absolute atomic E-state index is 0.482. The van der Waals surface area contributed by atoms with Crippen LogP contribution in [0.15, 0.2) is 33.7 Å². The van der Waals surface area contributed by atoms with Gasteiger partial charge >= 0.3 is 6.01 Å². The van der Waals surface area contributed by atoms with E-state index in [2.05, 4.69) is 39.4 Å². The molecule has 1 fully saturated rings. The van der Waals surface area contributed by atoms with E-state index in [1.165, 1.54) is 19.3 Å². The molecular weight excluding hydrogens is 302 g/mol. The average molecular weight is 327 g/mol. The number of aromatic nitrogens is 1. The van der Waals surface area contributed by atoms with Gasteiger partial charge < -0.3 is 9.73 Å². The molecule has 2 aliphatic rings. The van der Waals surface area contributed by atoms with Crippen LogP contribution in [0.2, 0.25) is 0 Å². The van der Waals surface area contributed by atoms with Gasteiger partial charge in [-0.05, 0) is 30.4 Å². The van der Waals surface area contributed by atoms with Crippen LogP contribution in [0.5, 0.6) is 0 Å². The molecule has 0 unspecified atom stereocenters. The van der Waals surface area contributed by atoms with E-state index in [4.69, 9.17) is 4.42 Å². The zero-order chi connectivity index (χ0) is 16.5. The van der Waals surface area contributed by atoms with Crippen LogP contribution in [0.4, 0.5) is 6.01 Å². The summed E-state index contributed by atoms with van der Waals surface area (Å²) in [5.74, 6) is 2.25. The molecule has 4 rings (SSSR count). The van der Waals surface area contributed by atoms with Crippen LogP contribution < -0.4 is 10.6 Å². The summed E-state index contributed by atoms with van der Waals surface area (Å²) in [6.07, 6.45) is 3.95. The maximum absolute atomic E-state index is 5.69. The van der Waals surface area contributed by atoms with Crippen molar-refractivity contribution in [3.8, 4) is 0 Å². The highest BCUT2D eigenvalue weighted by Gasteiger charge is 2.32. The number of benzene rings is 1. The molecule has 2 aromatic rings. The number of para-hydroxylation sites is 2.